The molecule has 0 aliphatic rings. The van der Waals surface area contributed by atoms with Crippen LogP contribution >= 0.6 is 11.6 Å². The molecule has 22 heavy (non-hydrogen) atoms. The van der Waals surface area contributed by atoms with Gasteiger partial charge < -0.3 is 5.32 Å². The fraction of sp³-hybridized carbons (Fsp3) is 0.125. The molecule has 0 spiro atoms. The Morgan fingerprint density at radius 1 is 1.32 bits per heavy atom. The lowest BCUT2D eigenvalue weighted by molar-refractivity contribution is 0.0944. The molecule has 1 N–H and O–H groups in total. The second-order valence-corrected chi connectivity index (χ2v) is 5.30. The van der Waals surface area contributed by atoms with Crippen molar-refractivity contribution in [3.63, 3.8) is 0 Å². The van der Waals surface area contributed by atoms with Gasteiger partial charge in [0.25, 0.3) is 5.91 Å². The summed E-state index contributed by atoms with van der Waals surface area (Å²) in [4.78, 5) is 16.7. The normalized spacial score (nSPS) is 10.9. The van der Waals surface area contributed by atoms with Crippen LogP contribution in [0.1, 0.15) is 21.7 Å². The number of benzene rings is 1. The molecule has 2 aromatic heterocycles. The first-order valence-corrected chi connectivity index (χ1v) is 7.10. The van der Waals surface area contributed by atoms with E-state index in [4.69, 9.17) is 11.6 Å². The minimum absolute atomic E-state index is 0.292. The lowest BCUT2D eigenvalue weighted by Gasteiger charge is -2.07. The van der Waals surface area contributed by atoms with Crippen LogP contribution in [0.25, 0.3) is 5.65 Å². The molecule has 1 amide bonds. The van der Waals surface area contributed by atoms with E-state index in [0.717, 1.165) is 5.56 Å². The SMILES string of the molecule is Cc1nc2ccc(F)cn2c1C(=O)NCc1ccccc1Cl. The number of amides is 1. The van der Waals surface area contributed by atoms with Crippen LogP contribution in [0, 0.1) is 12.7 Å². The van der Waals surface area contributed by atoms with Crippen molar-refractivity contribution in [2.45, 2.75) is 13.5 Å². The Hall–Kier alpha value is -2.40. The molecule has 0 saturated carbocycles. The number of halogens is 2. The number of hydrogen-bond donors (Lipinski definition) is 1. The van der Waals surface area contributed by atoms with Gasteiger partial charge in [-0.1, -0.05) is 29.8 Å². The van der Waals surface area contributed by atoms with Crippen LogP contribution in [-0.2, 0) is 6.54 Å². The Bertz CT molecular complexity index is 860. The standard InChI is InChI=1S/C16H13ClFN3O/c1-10-15(21-9-12(18)6-7-14(21)20-10)16(22)19-8-11-4-2-3-5-13(11)17/h2-7,9H,8H2,1H3,(H,19,22). The molecule has 3 rings (SSSR count). The van der Waals surface area contributed by atoms with E-state index in [1.54, 1.807) is 13.0 Å². The van der Waals surface area contributed by atoms with E-state index in [2.05, 4.69) is 10.3 Å². The topological polar surface area (TPSA) is 46.4 Å². The molecule has 0 aliphatic heterocycles. The molecule has 0 fully saturated rings. The highest BCUT2D eigenvalue weighted by Crippen LogP contribution is 2.16. The number of imidazole rings is 1. The molecule has 6 heteroatoms. The van der Waals surface area contributed by atoms with Crippen molar-refractivity contribution < 1.29 is 9.18 Å². The summed E-state index contributed by atoms with van der Waals surface area (Å²) in [6.45, 7) is 2.01. The van der Waals surface area contributed by atoms with Crippen LogP contribution < -0.4 is 5.32 Å². The average Bonchev–Trinajstić information content (AvgIpc) is 2.81. The van der Waals surface area contributed by atoms with Gasteiger partial charge in [-0.15, -0.1) is 0 Å². The van der Waals surface area contributed by atoms with Gasteiger partial charge >= 0.3 is 0 Å². The summed E-state index contributed by atoms with van der Waals surface area (Å²) < 4.78 is 14.8. The number of nitrogens with one attached hydrogen (secondary N) is 1. The summed E-state index contributed by atoms with van der Waals surface area (Å²) in [5, 5.41) is 3.37. The van der Waals surface area contributed by atoms with Crippen LogP contribution in [0.3, 0.4) is 0 Å². The molecule has 0 aliphatic carbocycles. The zero-order chi connectivity index (χ0) is 15.7. The second kappa shape index (κ2) is 5.77. The Kier molecular flexibility index (Phi) is 3.81. The molecular formula is C16H13ClFN3O. The van der Waals surface area contributed by atoms with Gasteiger partial charge in [0.15, 0.2) is 0 Å². The lowest BCUT2D eigenvalue weighted by Crippen LogP contribution is -2.25. The quantitative estimate of drug-likeness (QED) is 0.805. The summed E-state index contributed by atoms with van der Waals surface area (Å²) in [6.07, 6.45) is 1.25. The highest BCUT2D eigenvalue weighted by Gasteiger charge is 2.17. The van der Waals surface area contributed by atoms with Crippen molar-refractivity contribution in [2.24, 2.45) is 0 Å². The predicted octanol–water partition coefficient (Wildman–Crippen LogP) is 3.37. The third-order valence-corrected chi connectivity index (χ3v) is 3.74. The van der Waals surface area contributed by atoms with Crippen LogP contribution in [0.5, 0.6) is 0 Å². The van der Waals surface area contributed by atoms with E-state index in [-0.39, 0.29) is 5.91 Å². The Balaban J connectivity index is 1.88. The van der Waals surface area contributed by atoms with E-state index in [9.17, 15) is 9.18 Å². The van der Waals surface area contributed by atoms with Gasteiger partial charge in [-0.05, 0) is 30.7 Å². The van der Waals surface area contributed by atoms with Crippen molar-refractivity contribution in [3.05, 3.63) is 70.4 Å². The number of carbonyl (C=O) groups excluding carboxylic acids is 1. The van der Waals surface area contributed by atoms with Crippen LogP contribution in [0.15, 0.2) is 42.6 Å². The highest BCUT2D eigenvalue weighted by atomic mass is 35.5. The summed E-state index contributed by atoms with van der Waals surface area (Å²) in [5.41, 5.74) is 2.21. The van der Waals surface area contributed by atoms with E-state index in [1.165, 1.54) is 22.7 Å². The maximum Gasteiger partial charge on any atom is 0.270 e. The first kappa shape index (κ1) is 14.5. The molecule has 0 unspecified atom stereocenters. The predicted molar refractivity (Wildman–Crippen MR) is 82.5 cm³/mol. The summed E-state index contributed by atoms with van der Waals surface area (Å²) in [6, 6.07) is 10.1. The fourth-order valence-electron chi connectivity index (χ4n) is 2.31. The molecular weight excluding hydrogens is 305 g/mol. The first-order chi connectivity index (χ1) is 10.6. The number of pyridine rings is 1. The lowest BCUT2D eigenvalue weighted by atomic mass is 10.2. The molecule has 0 saturated heterocycles. The van der Waals surface area contributed by atoms with E-state index < -0.39 is 5.82 Å². The number of fused-ring (bicyclic) bond motifs is 1. The van der Waals surface area contributed by atoms with Crippen LogP contribution in [-0.4, -0.2) is 15.3 Å². The van der Waals surface area contributed by atoms with Gasteiger partial charge in [-0.25, -0.2) is 9.37 Å². The maximum atomic E-state index is 13.4. The average molecular weight is 318 g/mol. The molecule has 3 aromatic rings. The summed E-state index contributed by atoms with van der Waals surface area (Å²) in [7, 11) is 0. The zero-order valence-electron chi connectivity index (χ0n) is 11.8. The molecule has 0 atom stereocenters. The van der Waals surface area contributed by atoms with Gasteiger partial charge in [0.1, 0.15) is 17.2 Å². The third-order valence-electron chi connectivity index (χ3n) is 3.37. The molecule has 2 heterocycles. The smallest absolute Gasteiger partial charge is 0.270 e. The van der Waals surface area contributed by atoms with Crippen LogP contribution in [0.4, 0.5) is 4.39 Å². The monoisotopic (exact) mass is 317 g/mol. The number of aryl methyl sites for hydroxylation is 1. The number of hydrogen-bond acceptors (Lipinski definition) is 2. The second-order valence-electron chi connectivity index (χ2n) is 4.90. The Morgan fingerprint density at radius 3 is 2.86 bits per heavy atom. The van der Waals surface area contributed by atoms with E-state index in [1.807, 2.05) is 18.2 Å². The van der Waals surface area contributed by atoms with Crippen LogP contribution in [0.2, 0.25) is 5.02 Å². The van der Waals surface area contributed by atoms with Gasteiger partial charge in [-0.2, -0.15) is 0 Å². The Morgan fingerprint density at radius 2 is 2.09 bits per heavy atom. The van der Waals surface area contributed by atoms with Gasteiger partial charge in [0.2, 0.25) is 0 Å². The largest absolute Gasteiger partial charge is 0.347 e. The van der Waals surface area contributed by atoms with Crippen molar-refractivity contribution in [1.29, 1.82) is 0 Å². The van der Waals surface area contributed by atoms with E-state index in [0.29, 0.717) is 28.6 Å². The van der Waals surface area contributed by atoms with Crippen molar-refractivity contribution in [3.8, 4) is 0 Å². The van der Waals surface area contributed by atoms with Gasteiger partial charge in [-0.3, -0.25) is 9.20 Å². The number of nitrogens with zero attached hydrogens (tertiary/aromatic N) is 2. The van der Waals surface area contributed by atoms with Gasteiger partial charge in [0, 0.05) is 17.8 Å². The third kappa shape index (κ3) is 2.67. The minimum atomic E-state index is -0.426. The van der Waals surface area contributed by atoms with E-state index >= 15 is 0 Å². The first-order valence-electron chi connectivity index (χ1n) is 6.72. The van der Waals surface area contributed by atoms with Crippen molar-refractivity contribution in [1.82, 2.24) is 14.7 Å². The number of rotatable bonds is 3. The molecule has 1 aromatic carbocycles. The fourth-order valence-corrected chi connectivity index (χ4v) is 2.51. The van der Waals surface area contributed by atoms with Gasteiger partial charge in [0.05, 0.1) is 5.69 Å². The summed E-state index contributed by atoms with van der Waals surface area (Å²) in [5.74, 6) is -0.749. The van der Waals surface area contributed by atoms with Crippen molar-refractivity contribution >= 4 is 23.2 Å². The highest BCUT2D eigenvalue weighted by molar-refractivity contribution is 6.31. The van der Waals surface area contributed by atoms with Crippen molar-refractivity contribution in [2.75, 3.05) is 0 Å². The zero-order valence-corrected chi connectivity index (χ0v) is 12.6. The Labute approximate surface area is 131 Å². The number of carbonyl (C=O) groups is 1. The number of aromatic nitrogens is 2. The molecule has 112 valence electrons. The molecule has 0 bridgehead atoms. The summed E-state index contributed by atoms with van der Waals surface area (Å²) >= 11 is 6.06. The minimum Gasteiger partial charge on any atom is -0.347 e. The maximum absolute atomic E-state index is 13.4. The molecule has 4 nitrogen and oxygen atoms in total. The molecule has 0 radical (unpaired) electrons.